The van der Waals surface area contributed by atoms with Crippen LogP contribution in [0.15, 0.2) is 29.2 Å². The number of hydrogen-bond donors (Lipinski definition) is 0. The van der Waals surface area contributed by atoms with Crippen LogP contribution in [0.5, 0.6) is 0 Å². The third kappa shape index (κ3) is 3.58. The molecule has 1 fully saturated rings. The van der Waals surface area contributed by atoms with Crippen LogP contribution in [-0.4, -0.2) is 25.3 Å². The van der Waals surface area contributed by atoms with Gasteiger partial charge >= 0.3 is 0 Å². The molecule has 0 bridgehead atoms. The van der Waals surface area contributed by atoms with Gasteiger partial charge in [-0.2, -0.15) is 4.31 Å². The summed E-state index contributed by atoms with van der Waals surface area (Å²) in [5.74, 6) is 0.345. The molecule has 0 radical (unpaired) electrons. The van der Waals surface area contributed by atoms with Gasteiger partial charge in [0.05, 0.1) is 4.90 Å². The first-order valence-corrected chi connectivity index (χ1v) is 9.18. The van der Waals surface area contributed by atoms with Gasteiger partial charge in [-0.3, -0.25) is 0 Å². The lowest BCUT2D eigenvalue weighted by Crippen LogP contribution is -2.36. The van der Waals surface area contributed by atoms with Crippen molar-refractivity contribution in [3.63, 3.8) is 0 Å². The maximum absolute atomic E-state index is 12.7. The molecule has 1 saturated carbocycles. The molecule has 0 amide bonds. The van der Waals surface area contributed by atoms with Crippen molar-refractivity contribution in [2.45, 2.75) is 43.0 Å². The van der Waals surface area contributed by atoms with E-state index in [2.05, 4.69) is 29.8 Å². The summed E-state index contributed by atoms with van der Waals surface area (Å²) < 4.78 is 27.0. The predicted octanol–water partition coefficient (Wildman–Crippen LogP) is 3.39. The third-order valence-electron chi connectivity index (χ3n) is 3.18. The standard InChI is InChI=1S/C14H20BrNO2S/c1-11(2)10-16(13-5-6-13)19(17,18)14-7-3-12(9-15)4-8-14/h3-4,7-8,11,13H,5-6,9-10H2,1-2H3. The van der Waals surface area contributed by atoms with Gasteiger partial charge in [-0.15, -0.1) is 0 Å². The second-order valence-electron chi connectivity index (χ2n) is 5.48. The Kier molecular flexibility index (Phi) is 4.69. The zero-order valence-electron chi connectivity index (χ0n) is 11.3. The number of halogens is 1. The summed E-state index contributed by atoms with van der Waals surface area (Å²) in [4.78, 5) is 0.407. The van der Waals surface area contributed by atoms with Crippen LogP contribution in [0, 0.1) is 5.92 Å². The molecule has 0 aliphatic heterocycles. The van der Waals surface area contributed by atoms with Crippen molar-refractivity contribution >= 4 is 26.0 Å². The van der Waals surface area contributed by atoms with Crippen LogP contribution in [0.1, 0.15) is 32.3 Å². The zero-order valence-corrected chi connectivity index (χ0v) is 13.7. The fourth-order valence-corrected chi connectivity index (χ4v) is 4.27. The summed E-state index contributed by atoms with van der Waals surface area (Å²) in [5.41, 5.74) is 1.08. The SMILES string of the molecule is CC(C)CN(C1CC1)S(=O)(=O)c1ccc(CBr)cc1. The molecule has 0 atom stereocenters. The molecule has 106 valence electrons. The molecule has 3 nitrogen and oxygen atoms in total. The monoisotopic (exact) mass is 345 g/mol. The fraction of sp³-hybridized carbons (Fsp3) is 0.571. The van der Waals surface area contributed by atoms with E-state index in [0.29, 0.717) is 17.4 Å². The average molecular weight is 346 g/mol. The summed E-state index contributed by atoms with van der Waals surface area (Å²) in [6.07, 6.45) is 1.98. The Labute approximate surface area is 124 Å². The number of rotatable bonds is 6. The van der Waals surface area contributed by atoms with Crippen LogP contribution in [0.2, 0.25) is 0 Å². The molecule has 0 heterocycles. The molecule has 19 heavy (non-hydrogen) atoms. The van der Waals surface area contributed by atoms with E-state index in [4.69, 9.17) is 0 Å². The Morgan fingerprint density at radius 3 is 2.26 bits per heavy atom. The number of hydrogen-bond acceptors (Lipinski definition) is 2. The maximum atomic E-state index is 12.7. The molecule has 1 aromatic rings. The van der Waals surface area contributed by atoms with Gasteiger partial charge in [0.1, 0.15) is 0 Å². The Balaban J connectivity index is 2.27. The van der Waals surface area contributed by atoms with E-state index in [1.807, 2.05) is 12.1 Å². The fourth-order valence-electron chi connectivity index (χ4n) is 2.05. The number of benzene rings is 1. The largest absolute Gasteiger partial charge is 0.243 e. The lowest BCUT2D eigenvalue weighted by Gasteiger charge is -2.23. The third-order valence-corrected chi connectivity index (χ3v) is 5.76. The molecule has 2 rings (SSSR count). The average Bonchev–Trinajstić information content (AvgIpc) is 3.20. The summed E-state index contributed by atoms with van der Waals surface area (Å²) >= 11 is 3.37. The van der Waals surface area contributed by atoms with Crippen molar-refractivity contribution in [1.29, 1.82) is 0 Å². The van der Waals surface area contributed by atoms with Crippen LogP contribution >= 0.6 is 15.9 Å². The smallest absolute Gasteiger partial charge is 0.207 e. The van der Waals surface area contributed by atoms with Gasteiger partial charge in [-0.1, -0.05) is 41.9 Å². The lowest BCUT2D eigenvalue weighted by molar-refractivity contribution is 0.360. The lowest BCUT2D eigenvalue weighted by atomic mass is 10.2. The molecule has 0 N–H and O–H groups in total. The molecule has 1 aromatic carbocycles. The summed E-state index contributed by atoms with van der Waals surface area (Å²) in [7, 11) is -3.34. The molecule has 5 heteroatoms. The van der Waals surface area contributed by atoms with Crippen molar-refractivity contribution in [3.05, 3.63) is 29.8 Å². The normalized spacial score (nSPS) is 16.3. The molecular formula is C14H20BrNO2S. The minimum atomic E-state index is -3.34. The van der Waals surface area contributed by atoms with Gasteiger partial charge < -0.3 is 0 Å². The topological polar surface area (TPSA) is 37.4 Å². The molecule has 0 spiro atoms. The second-order valence-corrected chi connectivity index (χ2v) is 7.93. The van der Waals surface area contributed by atoms with E-state index < -0.39 is 10.0 Å². The first-order valence-electron chi connectivity index (χ1n) is 6.62. The highest BCUT2D eigenvalue weighted by molar-refractivity contribution is 9.08. The number of nitrogens with zero attached hydrogens (tertiary/aromatic N) is 1. The highest BCUT2D eigenvalue weighted by Gasteiger charge is 2.38. The van der Waals surface area contributed by atoms with E-state index >= 15 is 0 Å². The quantitative estimate of drug-likeness (QED) is 0.741. The van der Waals surface area contributed by atoms with Crippen LogP contribution in [0.4, 0.5) is 0 Å². The Morgan fingerprint density at radius 2 is 1.84 bits per heavy atom. The molecule has 0 saturated heterocycles. The van der Waals surface area contributed by atoms with E-state index in [1.54, 1.807) is 16.4 Å². The maximum Gasteiger partial charge on any atom is 0.243 e. The van der Waals surface area contributed by atoms with Gasteiger partial charge in [-0.25, -0.2) is 8.42 Å². The molecular weight excluding hydrogens is 326 g/mol. The van der Waals surface area contributed by atoms with E-state index in [0.717, 1.165) is 23.7 Å². The van der Waals surface area contributed by atoms with Crippen LogP contribution in [0.3, 0.4) is 0 Å². The highest BCUT2D eigenvalue weighted by atomic mass is 79.9. The molecule has 1 aliphatic carbocycles. The van der Waals surface area contributed by atoms with Gasteiger partial charge in [-0.05, 0) is 36.5 Å². The Morgan fingerprint density at radius 1 is 1.26 bits per heavy atom. The van der Waals surface area contributed by atoms with Crippen molar-refractivity contribution in [2.75, 3.05) is 6.54 Å². The van der Waals surface area contributed by atoms with E-state index in [1.165, 1.54) is 0 Å². The summed E-state index contributed by atoms with van der Waals surface area (Å²) in [5, 5.41) is 0.742. The minimum Gasteiger partial charge on any atom is -0.207 e. The summed E-state index contributed by atoms with van der Waals surface area (Å²) in [6, 6.07) is 7.36. The first kappa shape index (κ1) is 15.0. The van der Waals surface area contributed by atoms with Crippen molar-refractivity contribution in [1.82, 2.24) is 4.31 Å². The van der Waals surface area contributed by atoms with Crippen molar-refractivity contribution < 1.29 is 8.42 Å². The first-order chi connectivity index (χ1) is 8.95. The van der Waals surface area contributed by atoms with Gasteiger partial charge in [0.25, 0.3) is 0 Å². The molecule has 0 unspecified atom stereocenters. The Hall–Kier alpha value is -0.390. The molecule has 0 aromatic heterocycles. The van der Waals surface area contributed by atoms with E-state index in [-0.39, 0.29) is 6.04 Å². The predicted molar refractivity (Wildman–Crippen MR) is 80.8 cm³/mol. The summed E-state index contributed by atoms with van der Waals surface area (Å²) in [6.45, 7) is 4.71. The Bertz CT molecular complexity index is 521. The van der Waals surface area contributed by atoms with Gasteiger partial charge in [0, 0.05) is 17.9 Å². The minimum absolute atomic E-state index is 0.211. The van der Waals surface area contributed by atoms with Crippen molar-refractivity contribution in [2.24, 2.45) is 5.92 Å². The number of sulfonamides is 1. The second kappa shape index (κ2) is 5.94. The van der Waals surface area contributed by atoms with Gasteiger partial charge in [0.2, 0.25) is 10.0 Å². The van der Waals surface area contributed by atoms with Crippen LogP contribution in [0.25, 0.3) is 0 Å². The highest BCUT2D eigenvalue weighted by Crippen LogP contribution is 2.32. The van der Waals surface area contributed by atoms with Crippen LogP contribution in [-0.2, 0) is 15.4 Å². The van der Waals surface area contributed by atoms with Gasteiger partial charge in [0.15, 0.2) is 0 Å². The van der Waals surface area contributed by atoms with Crippen LogP contribution < -0.4 is 0 Å². The molecule has 1 aliphatic rings. The zero-order chi connectivity index (χ0) is 14.0. The van der Waals surface area contributed by atoms with Crippen molar-refractivity contribution in [3.8, 4) is 0 Å². The van der Waals surface area contributed by atoms with E-state index in [9.17, 15) is 8.42 Å². The number of alkyl halides is 1.